The van der Waals surface area contributed by atoms with Crippen molar-refractivity contribution in [2.24, 2.45) is 0 Å². The van der Waals surface area contributed by atoms with Crippen LogP contribution in [0.2, 0.25) is 0 Å². The summed E-state index contributed by atoms with van der Waals surface area (Å²) < 4.78 is 5.20. The van der Waals surface area contributed by atoms with Crippen LogP contribution in [-0.2, 0) is 17.8 Å². The van der Waals surface area contributed by atoms with Crippen molar-refractivity contribution in [1.29, 1.82) is 0 Å². The minimum absolute atomic E-state index is 0.00801. The Morgan fingerprint density at radius 1 is 1.64 bits per heavy atom. The molecule has 1 amide bonds. The molecule has 11 heavy (non-hydrogen) atoms. The van der Waals surface area contributed by atoms with Gasteiger partial charge in [0.2, 0.25) is 5.91 Å². The molecule has 4 nitrogen and oxygen atoms in total. The average molecular weight is 152 g/mol. The van der Waals surface area contributed by atoms with Gasteiger partial charge in [0.05, 0.1) is 13.0 Å². The first kappa shape index (κ1) is 6.39. The summed E-state index contributed by atoms with van der Waals surface area (Å²) in [6.07, 6.45) is 0.330. The van der Waals surface area contributed by atoms with Crippen molar-refractivity contribution < 1.29 is 9.21 Å². The first-order valence-electron chi connectivity index (χ1n) is 3.47. The van der Waals surface area contributed by atoms with Gasteiger partial charge in [0, 0.05) is 6.92 Å². The minimum Gasteiger partial charge on any atom is -0.445 e. The normalized spacial score (nSPS) is 15.9. The van der Waals surface area contributed by atoms with Crippen LogP contribution in [0.5, 0.6) is 0 Å². The lowest BCUT2D eigenvalue weighted by atomic mass is 10.2. The van der Waals surface area contributed by atoms with E-state index in [9.17, 15) is 4.79 Å². The maximum Gasteiger partial charge on any atom is 0.228 e. The highest BCUT2D eigenvalue weighted by molar-refractivity contribution is 5.79. The molecule has 1 aromatic rings. The number of hydrogen-bond donors (Lipinski definition) is 1. The number of aryl methyl sites for hydroxylation is 1. The van der Waals surface area contributed by atoms with Crippen molar-refractivity contribution in [2.45, 2.75) is 19.9 Å². The predicted octanol–water partition coefficient (Wildman–Crippen LogP) is 0.155. The highest BCUT2D eigenvalue weighted by Crippen LogP contribution is 2.14. The molecule has 2 rings (SSSR count). The molecule has 1 aromatic heterocycles. The third-order valence-electron chi connectivity index (χ3n) is 1.66. The monoisotopic (exact) mass is 152 g/mol. The van der Waals surface area contributed by atoms with E-state index in [2.05, 4.69) is 10.3 Å². The molecule has 0 radical (unpaired) electrons. The van der Waals surface area contributed by atoms with Gasteiger partial charge in [-0.05, 0) is 0 Å². The zero-order chi connectivity index (χ0) is 7.84. The zero-order valence-electron chi connectivity index (χ0n) is 6.18. The van der Waals surface area contributed by atoms with E-state index in [1.807, 2.05) is 0 Å². The van der Waals surface area contributed by atoms with E-state index in [-0.39, 0.29) is 5.91 Å². The van der Waals surface area contributed by atoms with Crippen molar-refractivity contribution in [1.82, 2.24) is 10.3 Å². The lowest BCUT2D eigenvalue weighted by Gasteiger charge is -2.08. The number of carbonyl (C=O) groups is 1. The Bertz CT molecular complexity index is 303. The molecule has 0 atom stereocenters. The van der Waals surface area contributed by atoms with E-state index in [0.29, 0.717) is 24.6 Å². The molecule has 0 spiro atoms. The Morgan fingerprint density at radius 3 is 3.27 bits per heavy atom. The molecule has 0 fully saturated rings. The molecule has 58 valence electrons. The average Bonchev–Trinajstić information content (AvgIpc) is 2.27. The number of rotatable bonds is 0. The number of oxazole rings is 1. The second kappa shape index (κ2) is 2.08. The van der Waals surface area contributed by atoms with E-state index >= 15 is 0 Å². The van der Waals surface area contributed by atoms with Crippen molar-refractivity contribution in [3.63, 3.8) is 0 Å². The van der Waals surface area contributed by atoms with Crippen LogP contribution in [0.1, 0.15) is 17.3 Å². The Balaban J connectivity index is 2.41. The third-order valence-corrected chi connectivity index (χ3v) is 1.66. The summed E-state index contributed by atoms with van der Waals surface area (Å²) in [7, 11) is 0. The molecule has 0 unspecified atom stereocenters. The van der Waals surface area contributed by atoms with Gasteiger partial charge in [0.25, 0.3) is 0 Å². The third kappa shape index (κ3) is 1.00. The predicted molar refractivity (Wildman–Crippen MR) is 36.8 cm³/mol. The fourth-order valence-electron chi connectivity index (χ4n) is 1.18. The van der Waals surface area contributed by atoms with Crippen LogP contribution in [0.25, 0.3) is 0 Å². The fraction of sp³-hybridized carbons (Fsp3) is 0.429. The molecule has 2 heterocycles. The molecule has 0 aliphatic carbocycles. The summed E-state index contributed by atoms with van der Waals surface area (Å²) in [5.74, 6) is 1.35. The highest BCUT2D eigenvalue weighted by atomic mass is 16.4. The Kier molecular flexibility index (Phi) is 1.21. The fourth-order valence-corrected chi connectivity index (χ4v) is 1.18. The number of hydrogen-bond acceptors (Lipinski definition) is 3. The Morgan fingerprint density at radius 2 is 2.45 bits per heavy atom. The van der Waals surface area contributed by atoms with Crippen LogP contribution < -0.4 is 5.32 Å². The number of carbonyl (C=O) groups excluding carboxylic acids is 1. The minimum atomic E-state index is 0.00801. The number of fused-ring (bicyclic) bond motifs is 1. The van der Waals surface area contributed by atoms with Crippen LogP contribution in [0.3, 0.4) is 0 Å². The summed E-state index contributed by atoms with van der Waals surface area (Å²) in [6, 6.07) is 0. The van der Waals surface area contributed by atoms with Crippen molar-refractivity contribution in [3.05, 3.63) is 17.3 Å². The SMILES string of the molecule is Cc1nc2c(o1)CC(=O)NC2. The first-order chi connectivity index (χ1) is 5.25. The van der Waals surface area contributed by atoms with E-state index in [0.717, 1.165) is 5.69 Å². The van der Waals surface area contributed by atoms with Crippen molar-refractivity contribution in [3.8, 4) is 0 Å². The van der Waals surface area contributed by atoms with Crippen molar-refractivity contribution in [2.75, 3.05) is 0 Å². The van der Waals surface area contributed by atoms with Gasteiger partial charge in [-0.2, -0.15) is 0 Å². The largest absolute Gasteiger partial charge is 0.445 e. The smallest absolute Gasteiger partial charge is 0.228 e. The second-order valence-corrected chi connectivity index (χ2v) is 2.56. The summed E-state index contributed by atoms with van der Waals surface area (Å²) >= 11 is 0. The molecule has 1 aliphatic rings. The molecule has 0 saturated carbocycles. The molecular weight excluding hydrogens is 144 g/mol. The van der Waals surface area contributed by atoms with Gasteiger partial charge in [0.1, 0.15) is 11.5 Å². The van der Waals surface area contributed by atoms with Crippen LogP contribution in [-0.4, -0.2) is 10.9 Å². The molecule has 1 N–H and O–H groups in total. The van der Waals surface area contributed by atoms with Gasteiger partial charge >= 0.3 is 0 Å². The number of nitrogens with zero attached hydrogens (tertiary/aromatic N) is 1. The highest BCUT2D eigenvalue weighted by Gasteiger charge is 2.19. The number of nitrogens with one attached hydrogen (secondary N) is 1. The second-order valence-electron chi connectivity index (χ2n) is 2.56. The summed E-state index contributed by atoms with van der Waals surface area (Å²) in [6.45, 7) is 2.29. The molecular formula is C7H8N2O2. The molecule has 1 aliphatic heterocycles. The Labute approximate surface area is 63.6 Å². The Hall–Kier alpha value is -1.32. The number of aromatic nitrogens is 1. The van der Waals surface area contributed by atoms with E-state index in [1.165, 1.54) is 0 Å². The zero-order valence-corrected chi connectivity index (χ0v) is 6.18. The van der Waals surface area contributed by atoms with Crippen LogP contribution in [0.15, 0.2) is 4.42 Å². The molecule has 0 aromatic carbocycles. The van der Waals surface area contributed by atoms with Crippen molar-refractivity contribution >= 4 is 5.91 Å². The first-order valence-corrected chi connectivity index (χ1v) is 3.47. The molecule has 0 bridgehead atoms. The van der Waals surface area contributed by atoms with E-state index in [1.54, 1.807) is 6.92 Å². The van der Waals surface area contributed by atoms with Gasteiger partial charge in [-0.15, -0.1) is 0 Å². The van der Waals surface area contributed by atoms with Gasteiger partial charge in [0.15, 0.2) is 5.89 Å². The summed E-state index contributed by atoms with van der Waals surface area (Å²) in [5.41, 5.74) is 0.863. The van der Waals surface area contributed by atoms with Gasteiger partial charge in [-0.3, -0.25) is 4.79 Å². The van der Waals surface area contributed by atoms with E-state index in [4.69, 9.17) is 4.42 Å². The maximum absolute atomic E-state index is 10.8. The van der Waals surface area contributed by atoms with Gasteiger partial charge < -0.3 is 9.73 Å². The lowest BCUT2D eigenvalue weighted by molar-refractivity contribution is -0.121. The standard InChI is InChI=1S/C7H8N2O2/c1-4-9-5-3-8-7(10)2-6(5)11-4/h2-3H2,1H3,(H,8,10). The summed E-state index contributed by atoms with van der Waals surface area (Å²) in [4.78, 5) is 14.9. The van der Waals surface area contributed by atoms with Crippen LogP contribution in [0.4, 0.5) is 0 Å². The lowest BCUT2D eigenvalue weighted by Crippen LogP contribution is -2.29. The van der Waals surface area contributed by atoms with Gasteiger partial charge in [-0.25, -0.2) is 4.98 Å². The van der Waals surface area contributed by atoms with Crippen LogP contribution in [0, 0.1) is 6.92 Å². The number of amides is 1. The summed E-state index contributed by atoms with van der Waals surface area (Å²) in [5, 5.41) is 2.69. The van der Waals surface area contributed by atoms with Crippen LogP contribution >= 0.6 is 0 Å². The molecule has 0 saturated heterocycles. The van der Waals surface area contributed by atoms with E-state index < -0.39 is 0 Å². The maximum atomic E-state index is 10.8. The quantitative estimate of drug-likeness (QED) is 0.576. The molecule has 4 heteroatoms. The topological polar surface area (TPSA) is 55.1 Å². The van der Waals surface area contributed by atoms with Gasteiger partial charge in [-0.1, -0.05) is 0 Å².